The lowest BCUT2D eigenvalue weighted by molar-refractivity contribution is -0.146. The number of tetrazole rings is 1. The topological polar surface area (TPSA) is 89.9 Å². The van der Waals surface area contributed by atoms with E-state index in [2.05, 4.69) is 29.4 Å². The molecule has 2 heterocycles. The average molecular weight is 238 g/mol. The third kappa shape index (κ3) is 1.70. The minimum absolute atomic E-state index is 0.136. The van der Waals surface area contributed by atoms with Crippen molar-refractivity contribution in [1.29, 1.82) is 0 Å². The second-order valence-corrected chi connectivity index (χ2v) is 5.36. The minimum atomic E-state index is -0.673. The molecule has 94 valence electrons. The molecule has 0 saturated heterocycles. The molecule has 1 aliphatic heterocycles. The number of fused-ring (bicyclic) bond motifs is 1. The van der Waals surface area contributed by atoms with Crippen molar-refractivity contribution in [3.8, 4) is 0 Å². The maximum absolute atomic E-state index is 12.2. The highest BCUT2D eigenvalue weighted by Crippen LogP contribution is 2.34. The highest BCUT2D eigenvalue weighted by Gasteiger charge is 2.45. The molecular formula is C10H18N6O. The molecule has 1 unspecified atom stereocenters. The molecule has 0 bridgehead atoms. The first kappa shape index (κ1) is 12.0. The third-order valence-corrected chi connectivity index (χ3v) is 3.15. The van der Waals surface area contributed by atoms with Crippen LogP contribution in [0.4, 0.5) is 0 Å². The summed E-state index contributed by atoms with van der Waals surface area (Å²) in [6.07, 6.45) is 0.681. The van der Waals surface area contributed by atoms with Crippen LogP contribution < -0.4 is 5.84 Å². The molecule has 1 amide bonds. The van der Waals surface area contributed by atoms with Crippen LogP contribution in [-0.4, -0.2) is 31.1 Å². The zero-order valence-electron chi connectivity index (χ0n) is 10.6. The predicted octanol–water partition coefficient (Wildman–Crippen LogP) is 0.211. The summed E-state index contributed by atoms with van der Waals surface area (Å²) in [5, 5.41) is 12.8. The number of carbonyl (C=O) groups excluding carboxylic acids is 1. The highest BCUT2D eigenvalue weighted by molar-refractivity contribution is 5.81. The molecule has 1 aromatic rings. The highest BCUT2D eigenvalue weighted by atomic mass is 16.2. The Morgan fingerprint density at radius 1 is 1.47 bits per heavy atom. The van der Waals surface area contributed by atoms with Gasteiger partial charge in [-0.15, -0.1) is 5.10 Å². The molecule has 0 spiro atoms. The summed E-state index contributed by atoms with van der Waals surface area (Å²) in [6.45, 7) is 7.77. The van der Waals surface area contributed by atoms with E-state index < -0.39 is 11.6 Å². The van der Waals surface area contributed by atoms with Gasteiger partial charge in [0.1, 0.15) is 11.6 Å². The molecule has 1 aromatic heterocycles. The lowest BCUT2D eigenvalue weighted by atomic mass is 9.95. The summed E-state index contributed by atoms with van der Waals surface area (Å²) in [4.78, 5) is 12.2. The van der Waals surface area contributed by atoms with E-state index in [-0.39, 0.29) is 5.91 Å². The molecule has 0 aliphatic carbocycles. The fourth-order valence-corrected chi connectivity index (χ4v) is 2.10. The Hall–Kier alpha value is -1.50. The van der Waals surface area contributed by atoms with Gasteiger partial charge in [-0.2, -0.15) is 0 Å². The molecule has 2 N–H and O–H groups in total. The molecule has 0 fully saturated rings. The van der Waals surface area contributed by atoms with Gasteiger partial charge in [0.2, 0.25) is 0 Å². The van der Waals surface area contributed by atoms with Crippen LogP contribution >= 0.6 is 0 Å². The van der Waals surface area contributed by atoms with Crippen molar-refractivity contribution in [3.63, 3.8) is 0 Å². The van der Waals surface area contributed by atoms with Crippen LogP contribution in [0.2, 0.25) is 0 Å². The molecule has 1 atom stereocenters. The van der Waals surface area contributed by atoms with Crippen LogP contribution in [0.3, 0.4) is 0 Å². The number of nitrogens with two attached hydrogens (primary N) is 1. The summed E-state index contributed by atoms with van der Waals surface area (Å²) in [5.41, 5.74) is -0.673. The summed E-state index contributed by atoms with van der Waals surface area (Å²) in [7, 11) is 0. The maximum atomic E-state index is 12.2. The van der Waals surface area contributed by atoms with Gasteiger partial charge in [0.05, 0.1) is 0 Å². The zero-order chi connectivity index (χ0) is 12.8. The zero-order valence-corrected chi connectivity index (χ0v) is 10.6. The van der Waals surface area contributed by atoms with Crippen molar-refractivity contribution >= 4 is 5.91 Å². The average Bonchev–Trinajstić information content (AvgIpc) is 2.71. The van der Waals surface area contributed by atoms with E-state index in [0.717, 1.165) is 0 Å². The van der Waals surface area contributed by atoms with Gasteiger partial charge < -0.3 is 0 Å². The Bertz CT molecular complexity index is 438. The van der Waals surface area contributed by atoms with Gasteiger partial charge in [0.15, 0.2) is 5.82 Å². The van der Waals surface area contributed by atoms with E-state index in [0.29, 0.717) is 18.2 Å². The van der Waals surface area contributed by atoms with Crippen LogP contribution in [0.1, 0.15) is 46.0 Å². The number of rotatable bonds is 2. The van der Waals surface area contributed by atoms with E-state index in [1.165, 1.54) is 5.01 Å². The molecule has 7 heteroatoms. The van der Waals surface area contributed by atoms with E-state index in [1.807, 2.05) is 13.8 Å². The molecule has 17 heavy (non-hydrogen) atoms. The van der Waals surface area contributed by atoms with Crippen LogP contribution in [0.5, 0.6) is 0 Å². The Labute approximate surface area is 99.9 Å². The van der Waals surface area contributed by atoms with Gasteiger partial charge in [0.25, 0.3) is 5.91 Å². The second-order valence-electron chi connectivity index (χ2n) is 5.36. The number of hydrogen-bond acceptors (Lipinski definition) is 5. The van der Waals surface area contributed by atoms with Crippen molar-refractivity contribution in [1.82, 2.24) is 25.2 Å². The second kappa shape index (κ2) is 3.76. The molecule has 2 rings (SSSR count). The molecular weight excluding hydrogens is 220 g/mol. The molecule has 0 radical (unpaired) electrons. The SMILES string of the molecule is CC(C)CC1C(=O)N(N)C(C)(C)c2nnnn21. The van der Waals surface area contributed by atoms with Gasteiger partial charge in [-0.05, 0) is 36.6 Å². The molecule has 0 saturated carbocycles. The van der Waals surface area contributed by atoms with Crippen molar-refractivity contribution < 1.29 is 4.79 Å². The number of carbonyl (C=O) groups is 1. The largest absolute Gasteiger partial charge is 0.271 e. The number of hydrazine groups is 1. The van der Waals surface area contributed by atoms with E-state index in [4.69, 9.17) is 5.84 Å². The summed E-state index contributed by atoms with van der Waals surface area (Å²) < 4.78 is 1.60. The van der Waals surface area contributed by atoms with Crippen LogP contribution in [-0.2, 0) is 10.3 Å². The predicted molar refractivity (Wildman–Crippen MR) is 60.4 cm³/mol. The van der Waals surface area contributed by atoms with Crippen molar-refractivity contribution in [3.05, 3.63) is 5.82 Å². The van der Waals surface area contributed by atoms with Crippen LogP contribution in [0, 0.1) is 5.92 Å². The monoisotopic (exact) mass is 238 g/mol. The van der Waals surface area contributed by atoms with Crippen LogP contribution in [0.25, 0.3) is 0 Å². The first-order valence-electron chi connectivity index (χ1n) is 5.72. The van der Waals surface area contributed by atoms with Gasteiger partial charge in [-0.1, -0.05) is 13.8 Å². The molecule has 0 aromatic carbocycles. The Morgan fingerprint density at radius 3 is 2.71 bits per heavy atom. The van der Waals surface area contributed by atoms with Crippen molar-refractivity contribution in [2.45, 2.75) is 45.7 Å². The van der Waals surface area contributed by atoms with Gasteiger partial charge in [-0.25, -0.2) is 10.5 Å². The first-order chi connectivity index (χ1) is 7.85. The summed E-state index contributed by atoms with van der Waals surface area (Å²) in [5.74, 6) is 6.74. The number of amides is 1. The fourth-order valence-electron chi connectivity index (χ4n) is 2.10. The summed E-state index contributed by atoms with van der Waals surface area (Å²) >= 11 is 0. The first-order valence-corrected chi connectivity index (χ1v) is 5.72. The smallest absolute Gasteiger partial charge is 0.262 e. The van der Waals surface area contributed by atoms with E-state index in [9.17, 15) is 4.79 Å². The Morgan fingerprint density at radius 2 is 2.12 bits per heavy atom. The standard InChI is InChI=1S/C10H18N6O/c1-6(2)5-7-8(17)16(11)10(3,4)9-12-13-14-15(7)9/h6-7H,5,11H2,1-4H3. The number of hydrogen-bond donors (Lipinski definition) is 1. The minimum Gasteiger partial charge on any atom is -0.271 e. The molecule has 7 nitrogen and oxygen atoms in total. The lowest BCUT2D eigenvalue weighted by Crippen LogP contribution is -2.58. The van der Waals surface area contributed by atoms with Gasteiger partial charge in [-0.3, -0.25) is 9.80 Å². The summed E-state index contributed by atoms with van der Waals surface area (Å²) in [6, 6.07) is -0.391. The van der Waals surface area contributed by atoms with Crippen molar-refractivity contribution in [2.24, 2.45) is 11.8 Å². The lowest BCUT2D eigenvalue weighted by Gasteiger charge is -2.40. The number of aromatic nitrogens is 4. The quantitative estimate of drug-likeness (QED) is 0.587. The normalized spacial score (nSPS) is 23.1. The third-order valence-electron chi connectivity index (χ3n) is 3.15. The van der Waals surface area contributed by atoms with Gasteiger partial charge in [0, 0.05) is 0 Å². The Balaban J connectivity index is 2.48. The van der Waals surface area contributed by atoms with Crippen molar-refractivity contribution in [2.75, 3.05) is 0 Å². The number of nitrogens with zero attached hydrogens (tertiary/aromatic N) is 5. The van der Waals surface area contributed by atoms with Gasteiger partial charge >= 0.3 is 0 Å². The van der Waals surface area contributed by atoms with E-state index in [1.54, 1.807) is 4.68 Å². The van der Waals surface area contributed by atoms with Crippen LogP contribution in [0.15, 0.2) is 0 Å². The Kier molecular flexibility index (Phi) is 2.65. The fraction of sp³-hybridized carbons (Fsp3) is 0.800. The van der Waals surface area contributed by atoms with E-state index >= 15 is 0 Å². The molecule has 1 aliphatic rings. The maximum Gasteiger partial charge on any atom is 0.262 e.